The van der Waals surface area contributed by atoms with E-state index in [1.54, 1.807) is 0 Å². The van der Waals surface area contributed by atoms with Gasteiger partial charge in [-0.25, -0.2) is 0 Å². The smallest absolute Gasteiger partial charge is 0.295 e. The van der Waals surface area contributed by atoms with Gasteiger partial charge in [-0.2, -0.15) is 4.98 Å². The number of hydrogen-bond donors (Lipinski definition) is 1. The largest absolute Gasteiger partial charge is 0.489 e. The number of para-hydroxylation sites is 2. The molecule has 0 amide bonds. The molecule has 4 nitrogen and oxygen atoms in total. The van der Waals surface area contributed by atoms with Crippen LogP contribution in [0.15, 0.2) is 71.1 Å². The van der Waals surface area contributed by atoms with Gasteiger partial charge in [-0.15, -0.1) is 0 Å². The van der Waals surface area contributed by atoms with E-state index in [1.165, 1.54) is 0 Å². The topological polar surface area (TPSA) is 47.3 Å². The molecule has 0 spiro atoms. The van der Waals surface area contributed by atoms with Crippen molar-refractivity contribution in [3.63, 3.8) is 0 Å². The van der Waals surface area contributed by atoms with E-state index in [9.17, 15) is 0 Å². The molecule has 1 N–H and O–H groups in total. The van der Waals surface area contributed by atoms with Gasteiger partial charge >= 0.3 is 0 Å². The highest BCUT2D eigenvalue weighted by molar-refractivity contribution is 6.30. The molecule has 0 fully saturated rings. The number of rotatable bonds is 6. The van der Waals surface area contributed by atoms with E-state index in [2.05, 4.69) is 16.4 Å². The quantitative estimate of drug-likeness (QED) is 0.448. The number of aryl methyl sites for hydroxylation is 1. The van der Waals surface area contributed by atoms with Gasteiger partial charge in [-0.1, -0.05) is 41.9 Å². The van der Waals surface area contributed by atoms with E-state index >= 15 is 0 Å². The predicted octanol–water partition coefficient (Wildman–Crippen LogP) is 5.98. The van der Waals surface area contributed by atoms with Crippen LogP contribution in [0.25, 0.3) is 11.1 Å². The van der Waals surface area contributed by atoms with Gasteiger partial charge in [0.2, 0.25) is 0 Å². The molecule has 1 heterocycles. The lowest BCUT2D eigenvalue weighted by atomic mass is 10.1. The zero-order chi connectivity index (χ0) is 18.6. The number of ether oxygens (including phenoxy) is 1. The van der Waals surface area contributed by atoms with Crippen LogP contribution < -0.4 is 10.1 Å². The Morgan fingerprint density at radius 1 is 1.00 bits per heavy atom. The van der Waals surface area contributed by atoms with Gasteiger partial charge in [0.05, 0.1) is 0 Å². The number of nitrogens with zero attached hydrogens (tertiary/aromatic N) is 1. The Bertz CT molecular complexity index is 1020. The lowest BCUT2D eigenvalue weighted by Gasteiger charge is -2.09. The fraction of sp³-hybridized carbons (Fsp3) is 0.136. The maximum absolute atomic E-state index is 6.11. The number of oxazole rings is 1. The summed E-state index contributed by atoms with van der Waals surface area (Å²) >= 11 is 6.11. The van der Waals surface area contributed by atoms with Crippen molar-refractivity contribution in [1.29, 1.82) is 0 Å². The van der Waals surface area contributed by atoms with Gasteiger partial charge in [-0.05, 0) is 60.0 Å². The first-order valence-corrected chi connectivity index (χ1v) is 9.11. The first-order chi connectivity index (χ1) is 13.2. The van der Waals surface area contributed by atoms with Gasteiger partial charge in [0.1, 0.15) is 17.9 Å². The second kappa shape index (κ2) is 7.72. The van der Waals surface area contributed by atoms with E-state index in [0.29, 0.717) is 19.2 Å². The fourth-order valence-electron chi connectivity index (χ4n) is 2.93. The maximum Gasteiger partial charge on any atom is 0.295 e. The molecule has 0 radical (unpaired) electrons. The van der Waals surface area contributed by atoms with E-state index in [-0.39, 0.29) is 0 Å². The highest BCUT2D eigenvalue weighted by Crippen LogP contribution is 2.21. The number of benzene rings is 3. The minimum Gasteiger partial charge on any atom is -0.489 e. The van der Waals surface area contributed by atoms with Crippen LogP contribution in [0.5, 0.6) is 5.75 Å². The lowest BCUT2D eigenvalue weighted by Crippen LogP contribution is -2.01. The Morgan fingerprint density at radius 2 is 1.89 bits per heavy atom. The first-order valence-electron chi connectivity index (χ1n) is 8.73. The molecule has 5 heteroatoms. The van der Waals surface area contributed by atoms with Crippen LogP contribution in [-0.2, 0) is 13.2 Å². The Labute approximate surface area is 162 Å². The highest BCUT2D eigenvalue weighted by Gasteiger charge is 2.05. The van der Waals surface area contributed by atoms with Crippen molar-refractivity contribution >= 4 is 28.7 Å². The van der Waals surface area contributed by atoms with E-state index in [0.717, 1.165) is 38.6 Å². The molecule has 0 aliphatic rings. The Hall–Kier alpha value is -2.98. The van der Waals surface area contributed by atoms with Gasteiger partial charge in [-0.3, -0.25) is 0 Å². The molecule has 4 rings (SSSR count). The van der Waals surface area contributed by atoms with E-state index < -0.39 is 0 Å². The summed E-state index contributed by atoms with van der Waals surface area (Å²) in [5.41, 5.74) is 4.87. The molecule has 0 aliphatic carbocycles. The summed E-state index contributed by atoms with van der Waals surface area (Å²) in [6.45, 7) is 3.09. The molecule has 136 valence electrons. The monoisotopic (exact) mass is 378 g/mol. The standard InChI is InChI=1S/C22H19ClN2O2/c1-15-9-17(11-18(23)10-15)14-26-19-6-4-5-16(12-19)13-24-22-25-20-7-2-3-8-21(20)27-22/h2-12H,13-14H2,1H3,(H,24,25). The zero-order valence-corrected chi connectivity index (χ0v) is 15.7. The molecule has 4 aromatic rings. The summed E-state index contributed by atoms with van der Waals surface area (Å²) in [7, 11) is 0. The summed E-state index contributed by atoms with van der Waals surface area (Å²) in [6, 6.07) is 22.1. The normalized spacial score (nSPS) is 10.9. The van der Waals surface area contributed by atoms with Gasteiger partial charge in [0.15, 0.2) is 5.58 Å². The molecule has 0 unspecified atom stereocenters. The number of halogens is 1. The molecule has 27 heavy (non-hydrogen) atoms. The number of aromatic nitrogens is 1. The maximum atomic E-state index is 6.11. The van der Waals surface area contributed by atoms with Gasteiger partial charge in [0, 0.05) is 11.6 Å². The summed E-state index contributed by atoms with van der Waals surface area (Å²) in [5.74, 6) is 0.810. The van der Waals surface area contributed by atoms with Gasteiger partial charge < -0.3 is 14.5 Å². The third-order valence-electron chi connectivity index (χ3n) is 4.14. The van der Waals surface area contributed by atoms with Crippen molar-refractivity contribution in [1.82, 2.24) is 4.98 Å². The molecule has 0 bridgehead atoms. The average Bonchev–Trinajstić information content (AvgIpc) is 3.07. The molecule has 0 aliphatic heterocycles. The minimum absolute atomic E-state index is 0.476. The van der Waals surface area contributed by atoms with Gasteiger partial charge in [0.25, 0.3) is 6.01 Å². The van der Waals surface area contributed by atoms with Crippen molar-refractivity contribution in [3.05, 3.63) is 88.4 Å². The summed E-state index contributed by atoms with van der Waals surface area (Å²) in [4.78, 5) is 4.42. The highest BCUT2D eigenvalue weighted by atomic mass is 35.5. The molecule has 3 aromatic carbocycles. The van der Waals surface area contributed by atoms with Crippen LogP contribution in [0.3, 0.4) is 0 Å². The molecule has 0 atom stereocenters. The Morgan fingerprint density at radius 3 is 2.74 bits per heavy atom. The van der Waals surface area contributed by atoms with Crippen LogP contribution in [0.4, 0.5) is 6.01 Å². The molecule has 0 saturated heterocycles. The zero-order valence-electron chi connectivity index (χ0n) is 14.9. The van der Waals surface area contributed by atoms with Crippen LogP contribution in [0, 0.1) is 6.92 Å². The van der Waals surface area contributed by atoms with E-state index in [4.69, 9.17) is 20.8 Å². The summed E-state index contributed by atoms with van der Waals surface area (Å²) < 4.78 is 11.6. The second-order valence-corrected chi connectivity index (χ2v) is 6.85. The first kappa shape index (κ1) is 17.4. The number of fused-ring (bicyclic) bond motifs is 1. The Kier molecular flexibility index (Phi) is 4.99. The third-order valence-corrected chi connectivity index (χ3v) is 4.36. The summed E-state index contributed by atoms with van der Waals surface area (Å²) in [6.07, 6.45) is 0. The molecular formula is C22H19ClN2O2. The van der Waals surface area contributed by atoms with Crippen LogP contribution in [-0.4, -0.2) is 4.98 Å². The number of nitrogens with one attached hydrogen (secondary N) is 1. The van der Waals surface area contributed by atoms with E-state index in [1.807, 2.05) is 67.6 Å². The van der Waals surface area contributed by atoms with Crippen molar-refractivity contribution in [2.24, 2.45) is 0 Å². The van der Waals surface area contributed by atoms with Crippen LogP contribution >= 0.6 is 11.6 Å². The average molecular weight is 379 g/mol. The molecule has 0 saturated carbocycles. The van der Waals surface area contributed by atoms with Crippen LogP contribution in [0.1, 0.15) is 16.7 Å². The third kappa shape index (κ3) is 4.41. The lowest BCUT2D eigenvalue weighted by molar-refractivity contribution is 0.306. The minimum atomic E-state index is 0.476. The number of anilines is 1. The summed E-state index contributed by atoms with van der Waals surface area (Å²) in [5, 5.41) is 3.94. The molecule has 1 aromatic heterocycles. The SMILES string of the molecule is Cc1cc(Cl)cc(COc2cccc(CNc3nc4ccccc4o3)c2)c1. The fourth-order valence-corrected chi connectivity index (χ4v) is 3.25. The van der Waals surface area contributed by atoms with Crippen LogP contribution in [0.2, 0.25) is 5.02 Å². The second-order valence-electron chi connectivity index (χ2n) is 6.41. The molecular weight excluding hydrogens is 360 g/mol. The number of hydrogen-bond acceptors (Lipinski definition) is 4. The van der Waals surface area contributed by atoms with Crippen molar-refractivity contribution < 1.29 is 9.15 Å². The van der Waals surface area contributed by atoms with Crippen molar-refractivity contribution in [3.8, 4) is 5.75 Å². The predicted molar refractivity (Wildman–Crippen MR) is 108 cm³/mol. The van der Waals surface area contributed by atoms with Crippen molar-refractivity contribution in [2.45, 2.75) is 20.1 Å². The Balaban J connectivity index is 1.39. The van der Waals surface area contributed by atoms with Crippen molar-refractivity contribution in [2.75, 3.05) is 5.32 Å².